The van der Waals surface area contributed by atoms with Crippen molar-refractivity contribution in [2.75, 3.05) is 14.2 Å². The van der Waals surface area contributed by atoms with E-state index in [1.165, 1.54) is 7.11 Å². The first-order chi connectivity index (χ1) is 8.67. The van der Waals surface area contributed by atoms with Gasteiger partial charge in [0.2, 0.25) is 0 Å². The summed E-state index contributed by atoms with van der Waals surface area (Å²) in [6, 6.07) is 9.06. The van der Waals surface area contributed by atoms with E-state index in [0.717, 1.165) is 0 Å². The second kappa shape index (κ2) is 7.61. The molecule has 0 fully saturated rings. The van der Waals surface area contributed by atoms with Gasteiger partial charge in [-0.3, -0.25) is 9.59 Å². The molecular weight excluding hydrogens is 232 g/mol. The smallest absolute Gasteiger partial charge is 0.305 e. The summed E-state index contributed by atoms with van der Waals surface area (Å²) in [5.74, 6) is -0.267. The Labute approximate surface area is 107 Å². The summed E-state index contributed by atoms with van der Waals surface area (Å²) < 4.78 is 9.76. The maximum Gasteiger partial charge on any atom is 0.305 e. The summed E-state index contributed by atoms with van der Waals surface area (Å²) in [7, 11) is 2.89. The number of hydrogen-bond acceptors (Lipinski definition) is 4. The van der Waals surface area contributed by atoms with Gasteiger partial charge in [-0.1, -0.05) is 30.3 Å². The number of carbonyl (C=O) groups excluding carboxylic acids is 2. The highest BCUT2D eigenvalue weighted by Gasteiger charge is 2.16. The van der Waals surface area contributed by atoms with Crippen LogP contribution >= 0.6 is 0 Å². The van der Waals surface area contributed by atoms with Crippen LogP contribution in [0.1, 0.15) is 29.6 Å². The largest absolute Gasteiger partial charge is 0.469 e. The van der Waals surface area contributed by atoms with Crippen molar-refractivity contribution in [3.05, 3.63) is 35.9 Å². The topological polar surface area (TPSA) is 52.6 Å². The number of carbonyl (C=O) groups is 2. The number of methoxy groups -OCH3 is 2. The Hall–Kier alpha value is -1.68. The van der Waals surface area contributed by atoms with Crippen LogP contribution in [0.15, 0.2) is 30.3 Å². The van der Waals surface area contributed by atoms with Crippen LogP contribution in [0.2, 0.25) is 0 Å². The number of Topliss-reactive ketones (excluding diaryl/α,β-unsaturated/α-hetero) is 1. The lowest BCUT2D eigenvalue weighted by Crippen LogP contribution is -2.18. The Balaban J connectivity index is 2.48. The summed E-state index contributed by atoms with van der Waals surface area (Å²) >= 11 is 0. The van der Waals surface area contributed by atoms with Crippen molar-refractivity contribution < 1.29 is 19.1 Å². The van der Waals surface area contributed by atoms with Crippen LogP contribution < -0.4 is 0 Å². The highest BCUT2D eigenvalue weighted by Crippen LogP contribution is 2.12. The third-order valence-corrected chi connectivity index (χ3v) is 2.74. The Morgan fingerprint density at radius 2 is 1.83 bits per heavy atom. The van der Waals surface area contributed by atoms with Crippen molar-refractivity contribution in [2.24, 2.45) is 0 Å². The molecule has 1 aromatic carbocycles. The molecule has 98 valence electrons. The van der Waals surface area contributed by atoms with E-state index in [-0.39, 0.29) is 30.7 Å². The third kappa shape index (κ3) is 4.67. The van der Waals surface area contributed by atoms with Gasteiger partial charge in [-0.15, -0.1) is 0 Å². The van der Waals surface area contributed by atoms with Crippen LogP contribution in [0.25, 0.3) is 0 Å². The first-order valence-corrected chi connectivity index (χ1v) is 5.85. The summed E-state index contributed by atoms with van der Waals surface area (Å²) in [4.78, 5) is 23.0. The van der Waals surface area contributed by atoms with Crippen LogP contribution in [-0.4, -0.2) is 32.1 Å². The van der Waals surface area contributed by atoms with Gasteiger partial charge in [0.05, 0.1) is 13.2 Å². The lowest BCUT2D eigenvalue weighted by molar-refractivity contribution is -0.141. The molecule has 0 aliphatic rings. The maximum absolute atomic E-state index is 11.9. The lowest BCUT2D eigenvalue weighted by Gasteiger charge is -2.13. The van der Waals surface area contributed by atoms with Crippen LogP contribution in [0, 0.1) is 0 Å². The van der Waals surface area contributed by atoms with Crippen molar-refractivity contribution in [1.82, 2.24) is 0 Å². The zero-order chi connectivity index (χ0) is 13.4. The second-order valence-electron chi connectivity index (χ2n) is 3.97. The number of esters is 1. The van der Waals surface area contributed by atoms with Crippen molar-refractivity contribution in [3.63, 3.8) is 0 Å². The van der Waals surface area contributed by atoms with Gasteiger partial charge in [-0.2, -0.15) is 0 Å². The fourth-order valence-corrected chi connectivity index (χ4v) is 1.63. The summed E-state index contributed by atoms with van der Waals surface area (Å²) in [5.41, 5.74) is 0.664. The fourth-order valence-electron chi connectivity index (χ4n) is 1.63. The third-order valence-electron chi connectivity index (χ3n) is 2.74. The molecule has 0 saturated heterocycles. The van der Waals surface area contributed by atoms with Crippen LogP contribution in [0.4, 0.5) is 0 Å². The monoisotopic (exact) mass is 250 g/mol. The molecule has 1 rings (SSSR count). The molecule has 0 N–H and O–H groups in total. The van der Waals surface area contributed by atoms with Gasteiger partial charge in [0.15, 0.2) is 5.78 Å². The van der Waals surface area contributed by atoms with E-state index in [0.29, 0.717) is 12.0 Å². The summed E-state index contributed by atoms with van der Waals surface area (Å²) in [5, 5.41) is 0. The first-order valence-electron chi connectivity index (χ1n) is 5.85. The van der Waals surface area contributed by atoms with E-state index in [9.17, 15) is 9.59 Å². The van der Waals surface area contributed by atoms with E-state index < -0.39 is 0 Å². The van der Waals surface area contributed by atoms with Gasteiger partial charge in [0.1, 0.15) is 0 Å². The molecule has 0 aliphatic heterocycles. The Bertz CT molecular complexity index is 386. The predicted molar refractivity (Wildman–Crippen MR) is 67.4 cm³/mol. The molecular formula is C14H18O4. The molecule has 0 amide bonds. The van der Waals surface area contributed by atoms with Gasteiger partial charge >= 0.3 is 5.97 Å². The highest BCUT2D eigenvalue weighted by molar-refractivity contribution is 5.96. The van der Waals surface area contributed by atoms with Gasteiger partial charge in [0.25, 0.3) is 0 Å². The molecule has 18 heavy (non-hydrogen) atoms. The van der Waals surface area contributed by atoms with E-state index >= 15 is 0 Å². The first kappa shape index (κ1) is 14.4. The Kier molecular flexibility index (Phi) is 6.08. The van der Waals surface area contributed by atoms with Crippen molar-refractivity contribution in [2.45, 2.75) is 25.4 Å². The normalized spacial score (nSPS) is 11.9. The highest BCUT2D eigenvalue weighted by atomic mass is 16.5. The molecule has 0 spiro atoms. The molecule has 0 aromatic heterocycles. The van der Waals surface area contributed by atoms with Crippen molar-refractivity contribution in [1.29, 1.82) is 0 Å². The molecule has 0 saturated carbocycles. The average Bonchev–Trinajstić information content (AvgIpc) is 2.43. The molecule has 0 bridgehead atoms. The van der Waals surface area contributed by atoms with Crippen LogP contribution in [-0.2, 0) is 14.3 Å². The van der Waals surface area contributed by atoms with Gasteiger partial charge in [-0.05, 0) is 6.42 Å². The summed E-state index contributed by atoms with van der Waals surface area (Å²) in [6.45, 7) is 0. The van der Waals surface area contributed by atoms with Gasteiger partial charge in [-0.25, -0.2) is 0 Å². The van der Waals surface area contributed by atoms with Crippen LogP contribution in [0.3, 0.4) is 0 Å². The zero-order valence-corrected chi connectivity index (χ0v) is 10.7. The number of rotatable bonds is 7. The Morgan fingerprint density at radius 3 is 2.39 bits per heavy atom. The number of ketones is 1. The second-order valence-corrected chi connectivity index (χ2v) is 3.97. The molecule has 0 aliphatic carbocycles. The fraction of sp³-hybridized carbons (Fsp3) is 0.429. The zero-order valence-electron chi connectivity index (χ0n) is 10.7. The molecule has 4 heteroatoms. The quantitative estimate of drug-likeness (QED) is 0.550. The molecule has 1 unspecified atom stereocenters. The lowest BCUT2D eigenvalue weighted by atomic mass is 10.0. The standard InChI is InChI=1S/C14H18O4/c1-17-12(8-9-14(16)18-2)10-13(15)11-6-4-3-5-7-11/h3-7,12H,8-10H2,1-2H3. The van der Waals surface area contributed by atoms with E-state index in [4.69, 9.17) is 4.74 Å². The maximum atomic E-state index is 11.9. The predicted octanol–water partition coefficient (Wildman–Crippen LogP) is 2.23. The number of ether oxygens (including phenoxy) is 2. The van der Waals surface area contributed by atoms with Crippen LogP contribution in [0.5, 0.6) is 0 Å². The van der Waals surface area contributed by atoms with Crippen molar-refractivity contribution in [3.8, 4) is 0 Å². The molecule has 0 heterocycles. The Morgan fingerprint density at radius 1 is 1.17 bits per heavy atom. The number of benzene rings is 1. The average molecular weight is 250 g/mol. The minimum atomic E-state index is -0.288. The van der Waals surface area contributed by atoms with Gasteiger partial charge < -0.3 is 9.47 Å². The minimum Gasteiger partial charge on any atom is -0.469 e. The van der Waals surface area contributed by atoms with E-state index in [2.05, 4.69) is 4.74 Å². The van der Waals surface area contributed by atoms with E-state index in [1.807, 2.05) is 18.2 Å². The number of hydrogen-bond donors (Lipinski definition) is 0. The van der Waals surface area contributed by atoms with E-state index in [1.54, 1.807) is 19.2 Å². The molecule has 0 radical (unpaired) electrons. The van der Waals surface area contributed by atoms with Gasteiger partial charge in [0, 0.05) is 25.5 Å². The molecule has 4 nitrogen and oxygen atoms in total. The molecule has 1 aromatic rings. The molecule has 1 atom stereocenters. The minimum absolute atomic E-state index is 0.0207. The van der Waals surface area contributed by atoms with Crippen molar-refractivity contribution >= 4 is 11.8 Å². The SMILES string of the molecule is COC(=O)CCC(CC(=O)c1ccccc1)OC. The summed E-state index contributed by atoms with van der Waals surface area (Å²) in [6.07, 6.45) is 0.771.